The number of likely N-dealkylation sites (N-methyl/N-ethyl adjacent to an activating group) is 1. The molecule has 20 heavy (non-hydrogen) atoms. The predicted octanol–water partition coefficient (Wildman–Crippen LogP) is 1.60. The number of carbonyl (C=O) groups is 3. The highest BCUT2D eigenvalue weighted by Crippen LogP contribution is 2.51. The average Bonchev–Trinajstić information content (AvgIpc) is 3.18. The number of amides is 1. The van der Waals surface area contributed by atoms with Crippen LogP contribution >= 0.6 is 0 Å². The first-order valence-electron chi connectivity index (χ1n) is 7.41. The minimum Gasteiger partial charge on any atom is -0.479 e. The van der Waals surface area contributed by atoms with Crippen molar-refractivity contribution in [2.75, 3.05) is 7.05 Å². The Morgan fingerprint density at radius 3 is 2.10 bits per heavy atom. The van der Waals surface area contributed by atoms with Gasteiger partial charge in [0.2, 0.25) is 5.91 Å². The third kappa shape index (κ3) is 1.95. The maximum Gasteiger partial charge on any atom is 0.329 e. The molecule has 3 fully saturated rings. The maximum atomic E-state index is 12.5. The van der Waals surface area contributed by atoms with Crippen LogP contribution in [0.4, 0.5) is 0 Å². The summed E-state index contributed by atoms with van der Waals surface area (Å²) in [6, 6.07) is 0. The quantitative estimate of drug-likeness (QED) is 0.851. The number of rotatable bonds is 3. The third-order valence-electron chi connectivity index (χ3n) is 5.63. The largest absolute Gasteiger partial charge is 0.479 e. The van der Waals surface area contributed by atoms with Crippen LogP contribution in [0.1, 0.15) is 51.4 Å². The van der Waals surface area contributed by atoms with Crippen molar-refractivity contribution in [3.8, 4) is 0 Å². The first kappa shape index (κ1) is 13.6. The molecule has 3 saturated carbocycles. The number of nitrogens with zero attached hydrogens (tertiary/aromatic N) is 1. The molecule has 3 aliphatic rings. The smallest absolute Gasteiger partial charge is 0.329 e. The van der Waals surface area contributed by atoms with Crippen LogP contribution in [0.5, 0.6) is 0 Å². The van der Waals surface area contributed by atoms with E-state index in [1.54, 1.807) is 7.05 Å². The van der Waals surface area contributed by atoms with E-state index in [0.717, 1.165) is 25.7 Å². The Hall–Kier alpha value is -1.39. The van der Waals surface area contributed by atoms with Gasteiger partial charge < -0.3 is 10.0 Å². The second-order valence-corrected chi connectivity index (χ2v) is 6.90. The first-order valence-corrected chi connectivity index (χ1v) is 7.41. The molecule has 0 radical (unpaired) electrons. The van der Waals surface area contributed by atoms with Gasteiger partial charge in [0.05, 0.1) is 0 Å². The molecule has 0 atom stereocenters. The zero-order valence-electron chi connectivity index (χ0n) is 11.9. The van der Waals surface area contributed by atoms with Crippen molar-refractivity contribution in [3.63, 3.8) is 0 Å². The zero-order valence-corrected chi connectivity index (χ0v) is 11.9. The van der Waals surface area contributed by atoms with Crippen molar-refractivity contribution in [2.45, 2.75) is 56.9 Å². The summed E-state index contributed by atoms with van der Waals surface area (Å²) in [6.07, 6.45) is 5.96. The van der Waals surface area contributed by atoms with Crippen LogP contribution in [-0.4, -0.2) is 40.3 Å². The summed E-state index contributed by atoms with van der Waals surface area (Å²) in [6.45, 7) is 0. The fourth-order valence-electron chi connectivity index (χ4n) is 3.91. The molecule has 0 saturated heterocycles. The van der Waals surface area contributed by atoms with Crippen LogP contribution < -0.4 is 0 Å². The van der Waals surface area contributed by atoms with Gasteiger partial charge in [-0.15, -0.1) is 0 Å². The molecule has 3 aliphatic carbocycles. The maximum absolute atomic E-state index is 12.5. The Morgan fingerprint density at radius 2 is 1.70 bits per heavy atom. The van der Waals surface area contributed by atoms with Gasteiger partial charge in [0.1, 0.15) is 11.3 Å². The molecule has 0 aromatic heterocycles. The molecule has 3 rings (SSSR count). The van der Waals surface area contributed by atoms with E-state index in [9.17, 15) is 19.5 Å². The Labute approximate surface area is 118 Å². The number of carboxylic acids is 1. The molecule has 1 amide bonds. The van der Waals surface area contributed by atoms with Gasteiger partial charge in [-0.2, -0.15) is 0 Å². The second kappa shape index (κ2) is 4.30. The van der Waals surface area contributed by atoms with E-state index < -0.39 is 11.5 Å². The zero-order chi connectivity index (χ0) is 14.5. The van der Waals surface area contributed by atoms with Gasteiger partial charge in [0.15, 0.2) is 0 Å². The number of hydrogen-bond acceptors (Lipinski definition) is 3. The van der Waals surface area contributed by atoms with Crippen molar-refractivity contribution in [1.29, 1.82) is 0 Å². The first-order chi connectivity index (χ1) is 9.39. The molecule has 0 aromatic carbocycles. The highest BCUT2D eigenvalue weighted by Gasteiger charge is 2.56. The Bertz CT molecular complexity index is 462. The fourth-order valence-corrected chi connectivity index (χ4v) is 3.91. The van der Waals surface area contributed by atoms with E-state index in [4.69, 9.17) is 0 Å². The molecule has 0 aliphatic heterocycles. The monoisotopic (exact) mass is 279 g/mol. The van der Waals surface area contributed by atoms with Crippen molar-refractivity contribution in [1.82, 2.24) is 4.90 Å². The van der Waals surface area contributed by atoms with E-state index in [1.807, 2.05) is 0 Å². The molecule has 0 heterocycles. The second-order valence-electron chi connectivity index (χ2n) is 6.90. The number of carboxylic acid groups (broad SMARTS) is 1. The lowest BCUT2D eigenvalue weighted by atomic mass is 9.58. The van der Waals surface area contributed by atoms with Crippen molar-refractivity contribution < 1.29 is 19.5 Å². The van der Waals surface area contributed by atoms with Gasteiger partial charge >= 0.3 is 5.97 Å². The number of hydrogen-bond donors (Lipinski definition) is 1. The number of Topliss-reactive ketones (excluding diaryl/α,β-unsaturated/α-hetero) is 1. The van der Waals surface area contributed by atoms with Crippen LogP contribution in [0, 0.1) is 11.3 Å². The van der Waals surface area contributed by atoms with Gasteiger partial charge in [-0.1, -0.05) is 0 Å². The number of aliphatic carboxylic acids is 1. The molecule has 0 aromatic rings. The lowest BCUT2D eigenvalue weighted by Gasteiger charge is -2.46. The van der Waals surface area contributed by atoms with Gasteiger partial charge in [0.25, 0.3) is 0 Å². The predicted molar refractivity (Wildman–Crippen MR) is 71.0 cm³/mol. The minimum absolute atomic E-state index is 0.0228. The van der Waals surface area contributed by atoms with Gasteiger partial charge in [-0.25, -0.2) is 4.79 Å². The summed E-state index contributed by atoms with van der Waals surface area (Å²) in [4.78, 5) is 36.4. The molecule has 1 N–H and O–H groups in total. The van der Waals surface area contributed by atoms with Crippen LogP contribution in [0.2, 0.25) is 0 Å². The topological polar surface area (TPSA) is 74.7 Å². The van der Waals surface area contributed by atoms with Crippen LogP contribution in [0.3, 0.4) is 0 Å². The van der Waals surface area contributed by atoms with E-state index in [-0.39, 0.29) is 17.2 Å². The molecule has 0 bridgehead atoms. The summed E-state index contributed by atoms with van der Waals surface area (Å²) < 4.78 is 0. The van der Waals surface area contributed by atoms with Crippen LogP contribution in [0.25, 0.3) is 0 Å². The molecule has 0 unspecified atom stereocenters. The summed E-state index contributed by atoms with van der Waals surface area (Å²) in [5.41, 5.74) is -0.755. The summed E-state index contributed by atoms with van der Waals surface area (Å²) in [5, 5.41) is 9.25. The Balaban J connectivity index is 1.59. The SMILES string of the molecule is CN(C(=O)C1CCC2(CC1)CC(=O)C2)C1(C(=O)O)CC1. The highest BCUT2D eigenvalue weighted by molar-refractivity contribution is 5.90. The average molecular weight is 279 g/mol. The van der Waals surface area contributed by atoms with E-state index >= 15 is 0 Å². The lowest BCUT2D eigenvalue weighted by Crippen LogP contribution is -2.49. The standard InChI is InChI=1S/C15H21NO4/c1-16(15(6-7-15)13(19)20)12(18)10-2-4-14(5-3-10)8-11(17)9-14/h10H,2-9H2,1H3,(H,19,20). The van der Waals surface area contributed by atoms with Gasteiger partial charge in [0, 0.05) is 25.8 Å². The minimum atomic E-state index is -0.932. The van der Waals surface area contributed by atoms with Crippen molar-refractivity contribution >= 4 is 17.7 Å². The van der Waals surface area contributed by atoms with Gasteiger partial charge in [-0.05, 0) is 43.9 Å². The van der Waals surface area contributed by atoms with Crippen molar-refractivity contribution in [2.24, 2.45) is 11.3 Å². The van der Waals surface area contributed by atoms with E-state index in [1.165, 1.54) is 4.90 Å². The Morgan fingerprint density at radius 1 is 1.15 bits per heavy atom. The Kier molecular flexibility index (Phi) is 2.92. The van der Waals surface area contributed by atoms with Crippen molar-refractivity contribution in [3.05, 3.63) is 0 Å². The van der Waals surface area contributed by atoms with E-state index in [0.29, 0.717) is 31.5 Å². The molecule has 5 heteroatoms. The molecular formula is C15H21NO4. The molecule has 5 nitrogen and oxygen atoms in total. The normalized spacial score (nSPS) is 26.9. The third-order valence-corrected chi connectivity index (χ3v) is 5.63. The summed E-state index contributed by atoms with van der Waals surface area (Å²) in [7, 11) is 1.63. The number of carbonyl (C=O) groups excluding carboxylic acids is 2. The molecular weight excluding hydrogens is 258 g/mol. The molecule has 1 spiro atoms. The number of ketones is 1. The summed E-state index contributed by atoms with van der Waals surface area (Å²) >= 11 is 0. The summed E-state index contributed by atoms with van der Waals surface area (Å²) in [5.74, 6) is -0.622. The van der Waals surface area contributed by atoms with Crippen LogP contribution in [-0.2, 0) is 14.4 Å². The lowest BCUT2D eigenvalue weighted by molar-refractivity contribution is -0.154. The van der Waals surface area contributed by atoms with Crippen LogP contribution in [0.15, 0.2) is 0 Å². The highest BCUT2D eigenvalue weighted by atomic mass is 16.4. The van der Waals surface area contributed by atoms with Gasteiger partial charge in [-0.3, -0.25) is 9.59 Å². The molecule has 110 valence electrons. The fraction of sp³-hybridized carbons (Fsp3) is 0.800. The van der Waals surface area contributed by atoms with E-state index in [2.05, 4.69) is 0 Å².